The summed E-state index contributed by atoms with van der Waals surface area (Å²) in [6.07, 6.45) is 0. The Morgan fingerprint density at radius 3 is 2.65 bits per heavy atom. The van der Waals surface area contributed by atoms with Gasteiger partial charge >= 0.3 is 0 Å². The van der Waals surface area contributed by atoms with Gasteiger partial charge in [-0.3, -0.25) is 9.69 Å². The van der Waals surface area contributed by atoms with Crippen LogP contribution in [0, 0.1) is 5.41 Å². The van der Waals surface area contributed by atoms with Gasteiger partial charge in [-0.2, -0.15) is 0 Å². The number of nitrogens with one attached hydrogen (secondary N) is 1. The van der Waals surface area contributed by atoms with Crippen LogP contribution in [-0.2, 0) is 22.6 Å². The van der Waals surface area contributed by atoms with Crippen LogP contribution in [0.25, 0.3) is 0 Å². The molecule has 1 aromatic carbocycles. The van der Waals surface area contributed by atoms with E-state index in [0.29, 0.717) is 0 Å². The lowest BCUT2D eigenvalue weighted by Crippen LogP contribution is -2.27. The SMILES string of the molecule is COCCN1Cc2ccc(NC(=O)C(C)(C)C)cc2C1. The van der Waals surface area contributed by atoms with Crippen LogP contribution in [0.1, 0.15) is 31.9 Å². The summed E-state index contributed by atoms with van der Waals surface area (Å²) in [7, 11) is 1.73. The largest absolute Gasteiger partial charge is 0.383 e. The number of hydrogen-bond donors (Lipinski definition) is 1. The second-order valence-electron chi connectivity index (χ2n) is 6.39. The zero-order chi connectivity index (χ0) is 14.8. The first-order chi connectivity index (χ1) is 9.40. The average molecular weight is 276 g/mol. The number of carbonyl (C=O) groups excluding carboxylic acids is 1. The summed E-state index contributed by atoms with van der Waals surface area (Å²) in [4.78, 5) is 14.4. The monoisotopic (exact) mass is 276 g/mol. The molecule has 1 aliphatic rings. The van der Waals surface area contributed by atoms with Crippen LogP contribution in [0.3, 0.4) is 0 Å². The minimum atomic E-state index is -0.372. The lowest BCUT2D eigenvalue weighted by molar-refractivity contribution is -0.123. The Labute approximate surface area is 121 Å². The highest BCUT2D eigenvalue weighted by Gasteiger charge is 2.23. The molecule has 0 saturated heterocycles. The molecule has 2 rings (SSSR count). The van der Waals surface area contributed by atoms with E-state index in [-0.39, 0.29) is 11.3 Å². The van der Waals surface area contributed by atoms with Crippen LogP contribution in [0.5, 0.6) is 0 Å². The molecular formula is C16H24N2O2. The van der Waals surface area contributed by atoms with Crippen LogP contribution in [-0.4, -0.2) is 31.1 Å². The Hall–Kier alpha value is -1.39. The van der Waals surface area contributed by atoms with Gasteiger partial charge in [-0.15, -0.1) is 0 Å². The van der Waals surface area contributed by atoms with E-state index in [1.54, 1.807) is 7.11 Å². The second kappa shape index (κ2) is 5.94. The van der Waals surface area contributed by atoms with Crippen LogP contribution in [0.2, 0.25) is 0 Å². The highest BCUT2D eigenvalue weighted by molar-refractivity contribution is 5.94. The Kier molecular flexibility index (Phi) is 4.45. The van der Waals surface area contributed by atoms with Crippen LogP contribution >= 0.6 is 0 Å². The predicted molar refractivity (Wildman–Crippen MR) is 80.5 cm³/mol. The van der Waals surface area contributed by atoms with Gasteiger partial charge in [0.05, 0.1) is 6.61 Å². The van der Waals surface area contributed by atoms with E-state index in [2.05, 4.69) is 22.3 Å². The van der Waals surface area contributed by atoms with Crippen molar-refractivity contribution in [3.63, 3.8) is 0 Å². The van der Waals surface area contributed by atoms with E-state index in [9.17, 15) is 4.79 Å². The minimum absolute atomic E-state index is 0.0479. The summed E-state index contributed by atoms with van der Waals surface area (Å²) in [6.45, 7) is 9.34. The number of hydrogen-bond acceptors (Lipinski definition) is 3. The molecule has 0 fully saturated rings. The zero-order valence-electron chi connectivity index (χ0n) is 12.8. The Morgan fingerprint density at radius 2 is 2.00 bits per heavy atom. The second-order valence-corrected chi connectivity index (χ2v) is 6.39. The number of fused-ring (bicyclic) bond motifs is 1. The molecule has 0 radical (unpaired) electrons. The lowest BCUT2D eigenvalue weighted by atomic mass is 9.95. The van der Waals surface area contributed by atoms with Crippen molar-refractivity contribution in [1.29, 1.82) is 0 Å². The molecule has 0 aliphatic carbocycles. The summed E-state index contributed by atoms with van der Waals surface area (Å²) in [5.41, 5.74) is 3.16. The van der Waals surface area contributed by atoms with E-state index < -0.39 is 0 Å². The van der Waals surface area contributed by atoms with E-state index in [4.69, 9.17) is 4.74 Å². The number of methoxy groups -OCH3 is 1. The number of ether oxygens (including phenoxy) is 1. The van der Waals surface area contributed by atoms with Crippen molar-refractivity contribution in [2.24, 2.45) is 5.41 Å². The van der Waals surface area contributed by atoms with E-state index in [1.807, 2.05) is 26.8 Å². The molecule has 0 atom stereocenters. The number of benzene rings is 1. The van der Waals surface area contributed by atoms with Crippen molar-refractivity contribution < 1.29 is 9.53 Å². The third kappa shape index (κ3) is 3.58. The summed E-state index contributed by atoms with van der Waals surface area (Å²) < 4.78 is 5.12. The highest BCUT2D eigenvalue weighted by Crippen LogP contribution is 2.26. The fraction of sp³-hybridized carbons (Fsp3) is 0.562. The number of rotatable bonds is 4. The van der Waals surface area contributed by atoms with Gasteiger partial charge in [-0.25, -0.2) is 0 Å². The smallest absolute Gasteiger partial charge is 0.229 e. The predicted octanol–water partition coefficient (Wildman–Crippen LogP) is 2.63. The number of carbonyl (C=O) groups is 1. The number of anilines is 1. The molecule has 0 unspecified atom stereocenters. The third-order valence-corrected chi connectivity index (χ3v) is 3.54. The van der Waals surface area contributed by atoms with Gasteiger partial charge in [-0.05, 0) is 23.3 Å². The fourth-order valence-electron chi connectivity index (χ4n) is 2.24. The molecule has 20 heavy (non-hydrogen) atoms. The molecule has 0 bridgehead atoms. The van der Waals surface area contributed by atoms with Crippen molar-refractivity contribution in [3.8, 4) is 0 Å². The Morgan fingerprint density at radius 1 is 1.30 bits per heavy atom. The topological polar surface area (TPSA) is 41.6 Å². The maximum atomic E-state index is 12.0. The van der Waals surface area contributed by atoms with E-state index in [0.717, 1.165) is 31.9 Å². The van der Waals surface area contributed by atoms with E-state index >= 15 is 0 Å². The molecular weight excluding hydrogens is 252 g/mol. The maximum absolute atomic E-state index is 12.0. The molecule has 1 aliphatic heterocycles. The maximum Gasteiger partial charge on any atom is 0.229 e. The van der Waals surface area contributed by atoms with Gasteiger partial charge in [0.2, 0.25) is 5.91 Å². The molecule has 1 amide bonds. The highest BCUT2D eigenvalue weighted by atomic mass is 16.5. The Balaban J connectivity index is 2.02. The molecule has 0 saturated carbocycles. The molecule has 0 spiro atoms. The molecule has 1 N–H and O–H groups in total. The average Bonchev–Trinajstić information content (AvgIpc) is 2.77. The summed E-state index contributed by atoms with van der Waals surface area (Å²) in [5, 5.41) is 2.99. The third-order valence-electron chi connectivity index (χ3n) is 3.54. The molecule has 1 aromatic rings. The Bertz CT molecular complexity index is 492. The normalized spacial score (nSPS) is 15.2. The van der Waals surface area contributed by atoms with Crippen molar-refractivity contribution >= 4 is 11.6 Å². The first kappa shape index (κ1) is 15.0. The van der Waals surface area contributed by atoms with Crippen LogP contribution in [0.15, 0.2) is 18.2 Å². The van der Waals surface area contributed by atoms with Gasteiger partial charge in [0.25, 0.3) is 0 Å². The van der Waals surface area contributed by atoms with Crippen molar-refractivity contribution in [2.75, 3.05) is 25.6 Å². The number of amides is 1. The van der Waals surface area contributed by atoms with Crippen molar-refractivity contribution in [2.45, 2.75) is 33.9 Å². The van der Waals surface area contributed by atoms with Gasteiger partial charge in [0.15, 0.2) is 0 Å². The first-order valence-electron chi connectivity index (χ1n) is 7.04. The van der Waals surface area contributed by atoms with Gasteiger partial charge in [-0.1, -0.05) is 26.8 Å². The molecule has 1 heterocycles. The summed E-state index contributed by atoms with van der Waals surface area (Å²) >= 11 is 0. The summed E-state index contributed by atoms with van der Waals surface area (Å²) in [6, 6.07) is 6.19. The first-order valence-corrected chi connectivity index (χ1v) is 7.04. The van der Waals surface area contributed by atoms with Gasteiger partial charge in [0, 0.05) is 37.8 Å². The van der Waals surface area contributed by atoms with Crippen LogP contribution in [0.4, 0.5) is 5.69 Å². The van der Waals surface area contributed by atoms with Crippen molar-refractivity contribution in [1.82, 2.24) is 4.90 Å². The van der Waals surface area contributed by atoms with Crippen molar-refractivity contribution in [3.05, 3.63) is 29.3 Å². The number of nitrogens with zero attached hydrogens (tertiary/aromatic N) is 1. The molecule has 110 valence electrons. The van der Waals surface area contributed by atoms with Crippen LogP contribution < -0.4 is 5.32 Å². The van der Waals surface area contributed by atoms with Gasteiger partial charge in [0.1, 0.15) is 0 Å². The molecule has 0 aromatic heterocycles. The quantitative estimate of drug-likeness (QED) is 0.919. The lowest BCUT2D eigenvalue weighted by Gasteiger charge is -2.18. The fourth-order valence-corrected chi connectivity index (χ4v) is 2.24. The minimum Gasteiger partial charge on any atom is -0.383 e. The van der Waals surface area contributed by atoms with Gasteiger partial charge < -0.3 is 10.1 Å². The molecule has 4 heteroatoms. The molecule has 4 nitrogen and oxygen atoms in total. The standard InChI is InChI=1S/C16H24N2O2/c1-16(2,3)15(19)17-14-6-5-12-10-18(7-8-20-4)11-13(12)9-14/h5-6,9H,7-8,10-11H2,1-4H3,(H,17,19). The summed E-state index contributed by atoms with van der Waals surface area (Å²) in [5.74, 6) is 0.0479. The van der Waals surface area contributed by atoms with E-state index in [1.165, 1.54) is 11.1 Å². The zero-order valence-corrected chi connectivity index (χ0v) is 12.8.